The molecule has 0 saturated carbocycles. The van der Waals surface area contributed by atoms with Gasteiger partial charge in [-0.3, -0.25) is 24.0 Å². The van der Waals surface area contributed by atoms with Crippen LogP contribution in [0.15, 0.2) is 24.3 Å². The van der Waals surface area contributed by atoms with E-state index in [0.717, 1.165) is 0 Å². The summed E-state index contributed by atoms with van der Waals surface area (Å²) in [6.07, 6.45) is -0.0796. The third kappa shape index (κ3) is 10.0. The largest absolute Gasteiger partial charge is 0.508 e. The van der Waals surface area contributed by atoms with Gasteiger partial charge in [0.2, 0.25) is 17.7 Å². The molecular weight excluding hydrogens is 460 g/mol. The standard InChI is InChI=1S/C23H34N4O8/c1-4-12(2)19(27-20(31)16(24)11-14-5-7-15(28)8-6-14)22(33)26-17(9-10-18(29)30)21(32)25-13(3)23(34)35/h5-8,12-13,16-17,19,28H,4,9-11,24H2,1-3H3,(H,25,32)(H,26,33)(H,27,31)(H,29,30)(H,34,35). The van der Waals surface area contributed by atoms with Crippen LogP contribution in [0.2, 0.25) is 0 Å². The molecule has 5 unspecified atom stereocenters. The number of nitrogens with one attached hydrogen (secondary N) is 3. The molecule has 0 spiro atoms. The first kappa shape index (κ1) is 29.4. The molecule has 0 fully saturated rings. The molecule has 0 aliphatic heterocycles. The fraction of sp³-hybridized carbons (Fsp3) is 0.522. The van der Waals surface area contributed by atoms with E-state index in [9.17, 15) is 29.1 Å². The van der Waals surface area contributed by atoms with Gasteiger partial charge in [0.1, 0.15) is 23.9 Å². The number of aliphatic carboxylic acids is 2. The lowest BCUT2D eigenvalue weighted by molar-refractivity contribution is -0.142. The zero-order valence-corrected chi connectivity index (χ0v) is 20.0. The Balaban J connectivity index is 2.96. The van der Waals surface area contributed by atoms with E-state index in [1.54, 1.807) is 26.0 Å². The van der Waals surface area contributed by atoms with Gasteiger partial charge in [-0.15, -0.1) is 0 Å². The van der Waals surface area contributed by atoms with Crippen molar-refractivity contribution in [3.63, 3.8) is 0 Å². The Morgan fingerprint density at radius 2 is 1.51 bits per heavy atom. The topological polar surface area (TPSA) is 208 Å². The fourth-order valence-electron chi connectivity index (χ4n) is 3.11. The summed E-state index contributed by atoms with van der Waals surface area (Å²) in [5.41, 5.74) is 6.70. The zero-order chi connectivity index (χ0) is 26.7. The Morgan fingerprint density at radius 3 is 2.03 bits per heavy atom. The summed E-state index contributed by atoms with van der Waals surface area (Å²) in [5, 5.41) is 34.6. The molecule has 0 aliphatic rings. The van der Waals surface area contributed by atoms with Crippen molar-refractivity contribution < 1.29 is 39.3 Å². The Hall–Kier alpha value is -3.67. The minimum atomic E-state index is -1.32. The molecule has 12 heteroatoms. The molecule has 1 aromatic rings. The first-order valence-corrected chi connectivity index (χ1v) is 11.2. The van der Waals surface area contributed by atoms with Crippen LogP contribution >= 0.6 is 0 Å². The van der Waals surface area contributed by atoms with Gasteiger partial charge >= 0.3 is 11.9 Å². The van der Waals surface area contributed by atoms with Gasteiger partial charge in [-0.1, -0.05) is 32.4 Å². The van der Waals surface area contributed by atoms with Crippen LogP contribution in [0.5, 0.6) is 5.75 Å². The number of carboxylic acid groups (broad SMARTS) is 2. The Morgan fingerprint density at radius 1 is 0.914 bits per heavy atom. The molecular formula is C23H34N4O8. The van der Waals surface area contributed by atoms with E-state index in [2.05, 4.69) is 16.0 Å². The first-order chi connectivity index (χ1) is 16.3. The second kappa shape index (κ2) is 13.9. The summed E-state index contributed by atoms with van der Waals surface area (Å²) in [7, 11) is 0. The van der Waals surface area contributed by atoms with Crippen molar-refractivity contribution in [2.75, 3.05) is 0 Å². The molecule has 0 aromatic heterocycles. The summed E-state index contributed by atoms with van der Waals surface area (Å²) in [4.78, 5) is 60.3. The second-order valence-corrected chi connectivity index (χ2v) is 8.41. The van der Waals surface area contributed by atoms with Crippen molar-refractivity contribution in [1.82, 2.24) is 16.0 Å². The monoisotopic (exact) mass is 494 g/mol. The number of amides is 3. The highest BCUT2D eigenvalue weighted by atomic mass is 16.4. The molecule has 0 saturated heterocycles. The van der Waals surface area contributed by atoms with E-state index in [0.29, 0.717) is 12.0 Å². The van der Waals surface area contributed by atoms with Gasteiger partial charge in [-0.25, -0.2) is 0 Å². The number of rotatable bonds is 14. The number of carbonyl (C=O) groups excluding carboxylic acids is 3. The predicted octanol–water partition coefficient (Wildman–Crippen LogP) is -0.268. The summed E-state index contributed by atoms with van der Waals surface area (Å²) in [5.74, 6) is -4.97. The maximum atomic E-state index is 13.0. The molecule has 1 rings (SSSR count). The summed E-state index contributed by atoms with van der Waals surface area (Å²) >= 11 is 0. The van der Waals surface area contributed by atoms with Gasteiger partial charge in [0.05, 0.1) is 6.04 Å². The summed E-state index contributed by atoms with van der Waals surface area (Å²) in [6, 6.07) is 1.50. The number of benzene rings is 1. The molecule has 0 bridgehead atoms. The highest BCUT2D eigenvalue weighted by Crippen LogP contribution is 2.13. The number of hydrogen-bond acceptors (Lipinski definition) is 7. The second-order valence-electron chi connectivity index (χ2n) is 8.41. The van der Waals surface area contributed by atoms with Crippen molar-refractivity contribution >= 4 is 29.7 Å². The van der Waals surface area contributed by atoms with Crippen LogP contribution in [0.25, 0.3) is 0 Å². The summed E-state index contributed by atoms with van der Waals surface area (Å²) in [6.45, 7) is 4.75. The number of carbonyl (C=O) groups is 5. The molecule has 3 amide bonds. The highest BCUT2D eigenvalue weighted by molar-refractivity contribution is 5.94. The lowest BCUT2D eigenvalue weighted by Crippen LogP contribution is -2.58. The number of carboxylic acids is 2. The molecule has 35 heavy (non-hydrogen) atoms. The van der Waals surface area contributed by atoms with Gasteiger partial charge in [0.25, 0.3) is 0 Å². The van der Waals surface area contributed by atoms with Crippen LogP contribution in [0.1, 0.15) is 45.6 Å². The molecule has 0 heterocycles. The number of hydrogen-bond donors (Lipinski definition) is 7. The van der Waals surface area contributed by atoms with Gasteiger partial charge in [-0.05, 0) is 43.4 Å². The van der Waals surface area contributed by atoms with Crippen molar-refractivity contribution in [2.45, 2.75) is 70.6 Å². The lowest BCUT2D eigenvalue weighted by atomic mass is 9.96. The Bertz CT molecular complexity index is 905. The quantitative estimate of drug-likeness (QED) is 0.181. The number of phenols is 1. The zero-order valence-electron chi connectivity index (χ0n) is 20.0. The van der Waals surface area contributed by atoms with E-state index >= 15 is 0 Å². The van der Waals surface area contributed by atoms with E-state index in [4.69, 9.17) is 15.9 Å². The minimum absolute atomic E-state index is 0.0690. The van der Waals surface area contributed by atoms with Crippen LogP contribution in [0.4, 0.5) is 0 Å². The van der Waals surface area contributed by atoms with Crippen molar-refractivity contribution in [1.29, 1.82) is 0 Å². The Kier molecular flexibility index (Phi) is 11.7. The average molecular weight is 495 g/mol. The molecule has 8 N–H and O–H groups in total. The van der Waals surface area contributed by atoms with E-state index in [-0.39, 0.29) is 24.5 Å². The maximum absolute atomic E-state index is 13.0. The van der Waals surface area contributed by atoms with Crippen molar-refractivity contribution in [3.05, 3.63) is 29.8 Å². The number of aromatic hydroxyl groups is 1. The average Bonchev–Trinajstić information content (AvgIpc) is 2.80. The number of nitrogens with two attached hydrogens (primary N) is 1. The lowest BCUT2D eigenvalue weighted by Gasteiger charge is -2.27. The third-order valence-electron chi connectivity index (χ3n) is 5.53. The van der Waals surface area contributed by atoms with Crippen LogP contribution in [-0.4, -0.2) is 69.1 Å². The van der Waals surface area contributed by atoms with Crippen LogP contribution in [0.3, 0.4) is 0 Å². The van der Waals surface area contributed by atoms with E-state index < -0.39 is 60.2 Å². The minimum Gasteiger partial charge on any atom is -0.508 e. The SMILES string of the molecule is CCC(C)C(NC(=O)C(N)Cc1ccc(O)cc1)C(=O)NC(CCC(=O)O)C(=O)NC(C)C(=O)O. The molecule has 194 valence electrons. The molecule has 0 aliphatic carbocycles. The molecule has 0 radical (unpaired) electrons. The molecule has 12 nitrogen and oxygen atoms in total. The van der Waals surface area contributed by atoms with Gasteiger partial charge in [0.15, 0.2) is 0 Å². The van der Waals surface area contributed by atoms with Crippen LogP contribution in [-0.2, 0) is 30.4 Å². The number of phenolic OH excluding ortho intramolecular Hbond substituents is 1. The highest BCUT2D eigenvalue weighted by Gasteiger charge is 2.32. The fourth-order valence-corrected chi connectivity index (χ4v) is 3.11. The van der Waals surface area contributed by atoms with E-state index in [1.807, 2.05) is 0 Å². The molecule has 5 atom stereocenters. The van der Waals surface area contributed by atoms with E-state index in [1.165, 1.54) is 19.1 Å². The third-order valence-corrected chi connectivity index (χ3v) is 5.53. The first-order valence-electron chi connectivity index (χ1n) is 11.2. The smallest absolute Gasteiger partial charge is 0.325 e. The van der Waals surface area contributed by atoms with Gasteiger partial charge in [-0.2, -0.15) is 0 Å². The van der Waals surface area contributed by atoms with Crippen molar-refractivity contribution in [2.24, 2.45) is 11.7 Å². The van der Waals surface area contributed by atoms with Crippen molar-refractivity contribution in [3.8, 4) is 5.75 Å². The predicted molar refractivity (Wildman–Crippen MR) is 125 cm³/mol. The van der Waals surface area contributed by atoms with Gasteiger partial charge < -0.3 is 37.0 Å². The Labute approximate surface area is 203 Å². The molecule has 1 aromatic carbocycles. The summed E-state index contributed by atoms with van der Waals surface area (Å²) < 4.78 is 0. The van der Waals surface area contributed by atoms with Gasteiger partial charge in [0, 0.05) is 6.42 Å². The maximum Gasteiger partial charge on any atom is 0.325 e. The normalized spacial score (nSPS) is 15.1. The van der Waals surface area contributed by atoms with Crippen LogP contribution < -0.4 is 21.7 Å². The van der Waals surface area contributed by atoms with Crippen LogP contribution in [0, 0.1) is 5.92 Å².